The van der Waals surface area contributed by atoms with Gasteiger partial charge in [0.2, 0.25) is 5.91 Å². The Morgan fingerprint density at radius 3 is 2.88 bits per heavy atom. The second-order valence-corrected chi connectivity index (χ2v) is 6.40. The molecule has 0 spiro atoms. The van der Waals surface area contributed by atoms with Gasteiger partial charge in [0.05, 0.1) is 19.0 Å². The highest BCUT2D eigenvalue weighted by atomic mass is 19.1. The Kier molecular flexibility index (Phi) is 6.12. The van der Waals surface area contributed by atoms with Gasteiger partial charge in [-0.05, 0) is 37.0 Å². The van der Waals surface area contributed by atoms with E-state index < -0.39 is 0 Å². The van der Waals surface area contributed by atoms with E-state index in [-0.39, 0.29) is 23.4 Å². The molecule has 0 saturated carbocycles. The van der Waals surface area contributed by atoms with Crippen LogP contribution in [0.3, 0.4) is 0 Å². The number of rotatable bonds is 6. The van der Waals surface area contributed by atoms with E-state index in [1.165, 1.54) is 24.5 Å². The summed E-state index contributed by atoms with van der Waals surface area (Å²) in [6.07, 6.45) is 3.67. The summed E-state index contributed by atoms with van der Waals surface area (Å²) >= 11 is 0. The Morgan fingerprint density at radius 2 is 2.12 bits per heavy atom. The highest BCUT2D eigenvalue weighted by Crippen LogP contribution is 2.13. The third kappa shape index (κ3) is 5.23. The van der Waals surface area contributed by atoms with Gasteiger partial charge in [0.1, 0.15) is 5.82 Å². The van der Waals surface area contributed by atoms with Crippen molar-refractivity contribution in [1.82, 2.24) is 14.9 Å². The number of amides is 1. The maximum absolute atomic E-state index is 12.9. The Bertz CT molecular complexity index is 791. The first-order valence-corrected chi connectivity index (χ1v) is 8.77. The largest absolute Gasteiger partial charge is 0.375 e. The fourth-order valence-corrected chi connectivity index (χ4v) is 3.04. The molecule has 1 aliphatic heterocycles. The van der Waals surface area contributed by atoms with Crippen molar-refractivity contribution < 1.29 is 13.9 Å². The van der Waals surface area contributed by atoms with Gasteiger partial charge >= 0.3 is 0 Å². The molecule has 138 valence electrons. The van der Waals surface area contributed by atoms with Crippen LogP contribution in [0.5, 0.6) is 0 Å². The third-order valence-corrected chi connectivity index (χ3v) is 4.49. The summed E-state index contributed by atoms with van der Waals surface area (Å²) in [5.41, 5.74) is 1.50. The standard InChI is InChI=1S/C19H22FN3O3/c20-15-4-1-14(2-5-15)3-8-19(25)23-9-10-26-17(12-23)7-6-16-11-18(24)22-13-21-16/h1-2,4-5,11,13,17H,3,6-10,12H2,(H,21,22,24)/t17-/m0/s1. The monoisotopic (exact) mass is 359 g/mol. The molecule has 1 fully saturated rings. The minimum absolute atomic E-state index is 0.0559. The average molecular weight is 359 g/mol. The van der Waals surface area contributed by atoms with Crippen molar-refractivity contribution in [2.75, 3.05) is 19.7 Å². The van der Waals surface area contributed by atoms with Gasteiger partial charge in [-0.1, -0.05) is 12.1 Å². The first kappa shape index (κ1) is 18.3. The van der Waals surface area contributed by atoms with Crippen LogP contribution < -0.4 is 5.56 Å². The summed E-state index contributed by atoms with van der Waals surface area (Å²) in [5, 5.41) is 0. The quantitative estimate of drug-likeness (QED) is 0.852. The number of carbonyl (C=O) groups excluding carboxylic acids is 1. The number of aromatic nitrogens is 2. The fraction of sp³-hybridized carbons (Fsp3) is 0.421. The first-order chi connectivity index (χ1) is 12.6. The summed E-state index contributed by atoms with van der Waals surface area (Å²) in [7, 11) is 0. The Hall–Kier alpha value is -2.54. The summed E-state index contributed by atoms with van der Waals surface area (Å²) in [6.45, 7) is 1.64. The number of hydrogen-bond acceptors (Lipinski definition) is 4. The predicted octanol–water partition coefficient (Wildman–Crippen LogP) is 1.70. The zero-order valence-corrected chi connectivity index (χ0v) is 14.5. The summed E-state index contributed by atoms with van der Waals surface area (Å²) in [5.74, 6) is -0.192. The summed E-state index contributed by atoms with van der Waals surface area (Å²) in [6, 6.07) is 7.72. The predicted molar refractivity (Wildman–Crippen MR) is 94.2 cm³/mol. The second kappa shape index (κ2) is 8.71. The molecule has 26 heavy (non-hydrogen) atoms. The van der Waals surface area contributed by atoms with Crippen LogP contribution in [-0.2, 0) is 22.4 Å². The maximum Gasteiger partial charge on any atom is 0.250 e. The van der Waals surface area contributed by atoms with Crippen molar-refractivity contribution in [1.29, 1.82) is 0 Å². The molecular formula is C19H22FN3O3. The summed E-state index contributed by atoms with van der Waals surface area (Å²) in [4.78, 5) is 32.2. The molecule has 0 aliphatic carbocycles. The number of nitrogens with zero attached hydrogens (tertiary/aromatic N) is 2. The number of aromatic amines is 1. The molecule has 7 heteroatoms. The number of halogens is 1. The number of ether oxygens (including phenoxy) is 1. The molecule has 0 radical (unpaired) electrons. The lowest BCUT2D eigenvalue weighted by Crippen LogP contribution is -2.45. The average Bonchev–Trinajstić information content (AvgIpc) is 2.66. The molecular weight excluding hydrogens is 337 g/mol. The van der Waals surface area contributed by atoms with Crippen LogP contribution in [-0.4, -0.2) is 46.6 Å². The van der Waals surface area contributed by atoms with Gasteiger partial charge < -0.3 is 14.6 Å². The van der Waals surface area contributed by atoms with Crippen molar-refractivity contribution in [2.45, 2.75) is 31.8 Å². The minimum atomic E-state index is -0.272. The zero-order valence-electron chi connectivity index (χ0n) is 14.5. The number of carbonyl (C=O) groups is 1. The molecule has 1 aromatic carbocycles. The lowest BCUT2D eigenvalue weighted by Gasteiger charge is -2.33. The van der Waals surface area contributed by atoms with Gasteiger partial charge in [0, 0.05) is 31.3 Å². The van der Waals surface area contributed by atoms with Crippen molar-refractivity contribution in [3.63, 3.8) is 0 Å². The number of aryl methyl sites for hydroxylation is 2. The lowest BCUT2D eigenvalue weighted by molar-refractivity contribution is -0.138. The van der Waals surface area contributed by atoms with E-state index in [0.717, 1.165) is 11.3 Å². The van der Waals surface area contributed by atoms with E-state index in [0.29, 0.717) is 45.4 Å². The van der Waals surface area contributed by atoms with E-state index in [1.807, 2.05) is 4.90 Å². The molecule has 6 nitrogen and oxygen atoms in total. The van der Waals surface area contributed by atoms with Crippen LogP contribution in [0, 0.1) is 5.82 Å². The van der Waals surface area contributed by atoms with Crippen LogP contribution in [0.1, 0.15) is 24.1 Å². The lowest BCUT2D eigenvalue weighted by atomic mass is 10.1. The van der Waals surface area contributed by atoms with Crippen LogP contribution in [0.2, 0.25) is 0 Å². The normalized spacial score (nSPS) is 17.3. The van der Waals surface area contributed by atoms with E-state index in [2.05, 4.69) is 9.97 Å². The Labute approximate surface area is 151 Å². The number of morpholine rings is 1. The zero-order chi connectivity index (χ0) is 18.4. The molecule has 3 rings (SSSR count). The Balaban J connectivity index is 1.47. The van der Waals surface area contributed by atoms with E-state index >= 15 is 0 Å². The minimum Gasteiger partial charge on any atom is -0.375 e. The van der Waals surface area contributed by atoms with E-state index in [4.69, 9.17) is 4.74 Å². The topological polar surface area (TPSA) is 75.3 Å². The molecule has 1 N–H and O–H groups in total. The Morgan fingerprint density at radius 1 is 1.31 bits per heavy atom. The third-order valence-electron chi connectivity index (χ3n) is 4.49. The molecule has 1 aliphatic rings. The molecule has 2 aromatic rings. The number of hydrogen-bond donors (Lipinski definition) is 1. The van der Waals surface area contributed by atoms with Gasteiger partial charge in [0.25, 0.3) is 5.56 Å². The first-order valence-electron chi connectivity index (χ1n) is 8.77. The smallest absolute Gasteiger partial charge is 0.250 e. The van der Waals surface area contributed by atoms with Crippen molar-refractivity contribution in [2.24, 2.45) is 0 Å². The molecule has 1 atom stereocenters. The van der Waals surface area contributed by atoms with Crippen molar-refractivity contribution >= 4 is 5.91 Å². The highest BCUT2D eigenvalue weighted by molar-refractivity contribution is 5.76. The van der Waals surface area contributed by atoms with Crippen molar-refractivity contribution in [3.05, 3.63) is 64.1 Å². The molecule has 1 amide bonds. The van der Waals surface area contributed by atoms with Crippen LogP contribution in [0.15, 0.2) is 41.5 Å². The van der Waals surface area contributed by atoms with Crippen LogP contribution >= 0.6 is 0 Å². The van der Waals surface area contributed by atoms with Gasteiger partial charge in [-0.3, -0.25) is 9.59 Å². The summed E-state index contributed by atoms with van der Waals surface area (Å²) < 4.78 is 18.7. The van der Waals surface area contributed by atoms with Gasteiger partial charge in [-0.25, -0.2) is 9.37 Å². The molecule has 0 bridgehead atoms. The molecule has 1 saturated heterocycles. The fourth-order valence-electron chi connectivity index (χ4n) is 3.04. The van der Waals surface area contributed by atoms with Gasteiger partial charge in [0.15, 0.2) is 0 Å². The number of benzene rings is 1. The van der Waals surface area contributed by atoms with Crippen LogP contribution in [0.4, 0.5) is 4.39 Å². The molecule has 0 unspecified atom stereocenters. The van der Waals surface area contributed by atoms with E-state index in [1.54, 1.807) is 12.1 Å². The van der Waals surface area contributed by atoms with Crippen LogP contribution in [0.25, 0.3) is 0 Å². The van der Waals surface area contributed by atoms with Gasteiger partial charge in [-0.15, -0.1) is 0 Å². The highest BCUT2D eigenvalue weighted by Gasteiger charge is 2.24. The second-order valence-electron chi connectivity index (χ2n) is 6.40. The SMILES string of the molecule is O=C(CCc1ccc(F)cc1)N1CCO[C@@H](CCc2cc(=O)[nH]cn2)C1. The van der Waals surface area contributed by atoms with Crippen molar-refractivity contribution in [3.8, 4) is 0 Å². The van der Waals surface area contributed by atoms with Gasteiger partial charge in [-0.2, -0.15) is 0 Å². The number of nitrogens with one attached hydrogen (secondary N) is 1. The maximum atomic E-state index is 12.9. The molecule has 1 aromatic heterocycles. The molecule has 2 heterocycles. The number of H-pyrrole nitrogens is 1. The van der Waals surface area contributed by atoms with E-state index in [9.17, 15) is 14.0 Å².